The van der Waals surface area contributed by atoms with E-state index >= 15 is 0 Å². The van der Waals surface area contributed by atoms with Crippen molar-refractivity contribution in [1.82, 2.24) is 16.0 Å². The maximum Gasteiger partial charge on any atom is 0.326 e. The van der Waals surface area contributed by atoms with Crippen molar-refractivity contribution in [1.29, 1.82) is 0 Å². The lowest BCUT2D eigenvalue weighted by atomic mass is 10.1. The van der Waals surface area contributed by atoms with Gasteiger partial charge in [0.25, 0.3) is 0 Å². The van der Waals surface area contributed by atoms with E-state index in [0.717, 1.165) is 0 Å². The van der Waals surface area contributed by atoms with Crippen molar-refractivity contribution in [2.24, 2.45) is 0 Å². The molecule has 0 aromatic rings. The molecular weight excluding hydrogens is 506 g/mol. The molecule has 192 valence electrons. The van der Waals surface area contributed by atoms with Gasteiger partial charge < -0.3 is 40.0 Å². The predicted molar refractivity (Wildman–Crippen MR) is 122 cm³/mol. The van der Waals surface area contributed by atoms with Crippen LogP contribution in [0.15, 0.2) is 0 Å². The molecule has 12 nitrogen and oxygen atoms in total. The Morgan fingerprint density at radius 3 is 2.03 bits per heavy atom. The quantitative estimate of drug-likeness (QED) is 0.104. The van der Waals surface area contributed by atoms with Crippen LogP contribution in [0.2, 0.25) is 0 Å². The van der Waals surface area contributed by atoms with Gasteiger partial charge in [-0.3, -0.25) is 14.4 Å². The van der Waals surface area contributed by atoms with Crippen LogP contribution >= 0.6 is 15.9 Å². The molecule has 0 saturated carbocycles. The number of carboxylic acid groups (broad SMARTS) is 1. The number of carbonyl (C=O) groups is 4. The maximum absolute atomic E-state index is 11.9. The number of aliphatic carboxylic acids is 1. The van der Waals surface area contributed by atoms with Gasteiger partial charge in [0.05, 0.1) is 38.4 Å². The van der Waals surface area contributed by atoms with Crippen molar-refractivity contribution >= 4 is 39.6 Å². The predicted octanol–water partition coefficient (Wildman–Crippen LogP) is -0.560. The van der Waals surface area contributed by atoms with Gasteiger partial charge in [0, 0.05) is 19.7 Å². The number of amides is 3. The van der Waals surface area contributed by atoms with E-state index < -0.39 is 17.9 Å². The first-order valence-corrected chi connectivity index (χ1v) is 11.9. The second-order valence-corrected chi connectivity index (χ2v) is 7.26. The summed E-state index contributed by atoms with van der Waals surface area (Å²) in [7, 11) is 0. The normalized spacial score (nSPS) is 11.6. The minimum absolute atomic E-state index is 0.0453. The molecular formula is C20H36BrN3O9. The van der Waals surface area contributed by atoms with Crippen LogP contribution in [0.1, 0.15) is 26.2 Å². The Morgan fingerprint density at radius 1 is 0.788 bits per heavy atom. The number of halogens is 1. The van der Waals surface area contributed by atoms with E-state index in [9.17, 15) is 24.3 Å². The van der Waals surface area contributed by atoms with Crippen LogP contribution < -0.4 is 16.0 Å². The number of alkyl halides is 1. The van der Waals surface area contributed by atoms with Gasteiger partial charge >= 0.3 is 5.97 Å². The molecule has 13 heteroatoms. The van der Waals surface area contributed by atoms with Crippen LogP contribution in [-0.2, 0) is 38.1 Å². The standard InChI is InChI=1S/C20H36BrN3O9/c1-2-30-9-11-32-14-18(26)23-7-8-31-10-12-33-15-19(27)24-16(20(28)29)5-3-4-6-22-17(25)13-21/h16H,2-15H2,1H3,(H,22,25)(H,23,26)(H,24,27)(H,28,29)/t16-/m0/s1. The molecule has 4 N–H and O–H groups in total. The topological polar surface area (TPSA) is 162 Å². The summed E-state index contributed by atoms with van der Waals surface area (Å²) < 4.78 is 20.7. The molecule has 0 aromatic heterocycles. The summed E-state index contributed by atoms with van der Waals surface area (Å²) in [6.07, 6.45) is 1.38. The molecule has 0 aliphatic carbocycles. The molecule has 0 unspecified atom stereocenters. The van der Waals surface area contributed by atoms with Crippen molar-refractivity contribution in [3.8, 4) is 0 Å². The third-order valence-corrected chi connectivity index (χ3v) is 4.49. The molecule has 0 fully saturated rings. The molecule has 0 bridgehead atoms. The molecule has 0 spiro atoms. The Labute approximate surface area is 202 Å². The number of ether oxygens (including phenoxy) is 4. The Kier molecular flexibility index (Phi) is 20.8. The summed E-state index contributed by atoms with van der Waals surface area (Å²) in [5.41, 5.74) is 0. The number of rotatable bonds is 22. The van der Waals surface area contributed by atoms with E-state index in [0.29, 0.717) is 45.8 Å². The van der Waals surface area contributed by atoms with Crippen molar-refractivity contribution in [3.63, 3.8) is 0 Å². The zero-order valence-corrected chi connectivity index (χ0v) is 20.7. The summed E-state index contributed by atoms with van der Waals surface area (Å²) in [5.74, 6) is -2.05. The Bertz CT molecular complexity index is 567. The minimum Gasteiger partial charge on any atom is -0.480 e. The average Bonchev–Trinajstić information content (AvgIpc) is 2.79. The van der Waals surface area contributed by atoms with Gasteiger partial charge in [-0.15, -0.1) is 0 Å². The number of hydrogen-bond donors (Lipinski definition) is 4. The lowest BCUT2D eigenvalue weighted by molar-refractivity contribution is -0.142. The van der Waals surface area contributed by atoms with E-state index in [-0.39, 0.29) is 56.6 Å². The van der Waals surface area contributed by atoms with E-state index in [2.05, 4.69) is 31.9 Å². The molecule has 0 aliphatic heterocycles. The molecule has 0 saturated heterocycles. The fourth-order valence-electron chi connectivity index (χ4n) is 2.37. The lowest BCUT2D eigenvalue weighted by Crippen LogP contribution is -2.42. The summed E-state index contributed by atoms with van der Waals surface area (Å²) in [5, 5.41) is 17.2. The largest absolute Gasteiger partial charge is 0.480 e. The highest BCUT2D eigenvalue weighted by molar-refractivity contribution is 9.09. The van der Waals surface area contributed by atoms with Gasteiger partial charge in [-0.1, -0.05) is 15.9 Å². The van der Waals surface area contributed by atoms with Gasteiger partial charge in [0.2, 0.25) is 17.7 Å². The molecule has 3 amide bonds. The lowest BCUT2D eigenvalue weighted by Gasteiger charge is -2.14. The molecule has 0 aliphatic rings. The monoisotopic (exact) mass is 541 g/mol. The molecule has 0 aromatic carbocycles. The Morgan fingerprint density at radius 2 is 1.39 bits per heavy atom. The first-order valence-electron chi connectivity index (χ1n) is 10.8. The number of carboxylic acids is 1. The zero-order valence-electron chi connectivity index (χ0n) is 19.1. The van der Waals surface area contributed by atoms with Gasteiger partial charge in [-0.05, 0) is 26.2 Å². The number of unbranched alkanes of at least 4 members (excludes halogenated alkanes) is 1. The van der Waals surface area contributed by atoms with Crippen LogP contribution in [0, 0.1) is 0 Å². The van der Waals surface area contributed by atoms with Crippen LogP contribution in [0.5, 0.6) is 0 Å². The summed E-state index contributed by atoms with van der Waals surface area (Å²) in [4.78, 5) is 45.7. The third-order valence-electron chi connectivity index (χ3n) is 3.98. The van der Waals surface area contributed by atoms with E-state index in [1.807, 2.05) is 6.92 Å². The van der Waals surface area contributed by atoms with Crippen molar-refractivity contribution in [3.05, 3.63) is 0 Å². The Hall–Kier alpha value is -1.80. The van der Waals surface area contributed by atoms with Crippen molar-refractivity contribution in [2.75, 3.05) is 71.3 Å². The third kappa shape index (κ3) is 20.5. The second-order valence-electron chi connectivity index (χ2n) is 6.70. The van der Waals surface area contributed by atoms with Gasteiger partial charge in [-0.2, -0.15) is 0 Å². The summed E-state index contributed by atoms with van der Waals surface area (Å²) >= 11 is 3.03. The Balaban J connectivity index is 3.69. The van der Waals surface area contributed by atoms with Crippen LogP contribution in [-0.4, -0.2) is 106 Å². The number of carbonyl (C=O) groups excluding carboxylic acids is 3. The first-order chi connectivity index (χ1) is 15.9. The molecule has 33 heavy (non-hydrogen) atoms. The molecule has 0 heterocycles. The minimum atomic E-state index is -1.13. The van der Waals surface area contributed by atoms with Crippen LogP contribution in [0.3, 0.4) is 0 Å². The summed E-state index contributed by atoms with van der Waals surface area (Å²) in [6.45, 7) is 4.34. The molecule has 0 radical (unpaired) electrons. The zero-order chi connectivity index (χ0) is 24.7. The van der Waals surface area contributed by atoms with E-state index in [1.54, 1.807) is 0 Å². The van der Waals surface area contributed by atoms with Gasteiger partial charge in [-0.25, -0.2) is 4.79 Å². The van der Waals surface area contributed by atoms with Crippen molar-refractivity contribution in [2.45, 2.75) is 32.2 Å². The number of nitrogens with one attached hydrogen (secondary N) is 3. The maximum atomic E-state index is 11.9. The highest BCUT2D eigenvalue weighted by Gasteiger charge is 2.19. The van der Waals surface area contributed by atoms with E-state index in [4.69, 9.17) is 18.9 Å². The average molecular weight is 542 g/mol. The fraction of sp³-hybridized carbons (Fsp3) is 0.800. The SMILES string of the molecule is CCOCCOCC(=O)NCCOCCOCC(=O)N[C@@H](CCCCNC(=O)CBr)C(=O)O. The summed E-state index contributed by atoms with van der Waals surface area (Å²) in [6, 6.07) is -1.02. The van der Waals surface area contributed by atoms with Gasteiger partial charge in [0.15, 0.2) is 0 Å². The smallest absolute Gasteiger partial charge is 0.326 e. The number of hydrogen-bond acceptors (Lipinski definition) is 8. The van der Waals surface area contributed by atoms with Crippen LogP contribution in [0.4, 0.5) is 0 Å². The van der Waals surface area contributed by atoms with Gasteiger partial charge in [0.1, 0.15) is 19.3 Å². The first kappa shape index (κ1) is 31.2. The fourth-order valence-corrected chi connectivity index (χ4v) is 2.57. The second kappa shape index (κ2) is 22.0. The highest BCUT2D eigenvalue weighted by Crippen LogP contribution is 2.01. The van der Waals surface area contributed by atoms with Crippen molar-refractivity contribution < 1.29 is 43.2 Å². The van der Waals surface area contributed by atoms with Crippen LogP contribution in [0.25, 0.3) is 0 Å². The molecule has 1 atom stereocenters. The van der Waals surface area contributed by atoms with E-state index in [1.165, 1.54) is 0 Å². The highest BCUT2D eigenvalue weighted by atomic mass is 79.9. The molecule has 0 rings (SSSR count).